The molecule has 42 heavy (non-hydrogen) atoms. The Hall–Kier alpha value is -4.86. The molecule has 4 rings (SSSR count). The lowest BCUT2D eigenvalue weighted by molar-refractivity contribution is -0.385. The lowest BCUT2D eigenvalue weighted by Crippen LogP contribution is -2.27. The van der Waals surface area contributed by atoms with Gasteiger partial charge in [-0.15, -0.1) is 0 Å². The number of non-ortho nitro benzene ring substituents is 1. The number of hydrogen-bond acceptors (Lipinski definition) is 10. The maximum Gasteiger partial charge on any atom is 0.272 e. The molecule has 0 atom stereocenters. The number of amides is 1. The van der Waals surface area contributed by atoms with E-state index in [0.717, 1.165) is 17.7 Å². The number of rotatable bonds is 13. The Bertz CT molecular complexity index is 1670. The molecule has 1 amide bonds. The number of nitro groups is 1. The van der Waals surface area contributed by atoms with Crippen molar-refractivity contribution in [2.24, 2.45) is 0 Å². The van der Waals surface area contributed by atoms with Crippen molar-refractivity contribution >= 4 is 21.6 Å². The van der Waals surface area contributed by atoms with E-state index in [1.165, 1.54) is 25.0 Å². The van der Waals surface area contributed by atoms with Crippen molar-refractivity contribution in [1.82, 2.24) is 24.8 Å². The Kier molecular flexibility index (Phi) is 9.46. The molecule has 15 heteroatoms. The summed E-state index contributed by atoms with van der Waals surface area (Å²) >= 11 is 0. The fraction of sp³-hybridized carbons (Fsp3) is 0.222. The number of methoxy groups -OCH3 is 2. The number of carbonyl (C=O) groups is 1. The second-order valence-corrected chi connectivity index (χ2v) is 10.5. The highest BCUT2D eigenvalue weighted by Gasteiger charge is 2.28. The molecule has 0 unspecified atom stereocenters. The van der Waals surface area contributed by atoms with Gasteiger partial charge >= 0.3 is 0 Å². The zero-order valence-corrected chi connectivity index (χ0v) is 23.8. The second-order valence-electron chi connectivity index (χ2n) is 8.81. The van der Waals surface area contributed by atoms with Gasteiger partial charge in [0.15, 0.2) is 5.69 Å². The third-order valence-electron chi connectivity index (χ3n) is 6.01. The zero-order chi connectivity index (χ0) is 30.3. The van der Waals surface area contributed by atoms with Crippen LogP contribution in [0, 0.1) is 17.0 Å². The second kappa shape index (κ2) is 13.2. The van der Waals surface area contributed by atoms with Gasteiger partial charge in [-0.1, -0.05) is 6.07 Å². The molecule has 2 N–H and O–H groups in total. The number of nitrogens with one attached hydrogen (secondary N) is 2. The van der Waals surface area contributed by atoms with Crippen LogP contribution >= 0.6 is 0 Å². The van der Waals surface area contributed by atoms with E-state index in [-0.39, 0.29) is 37.0 Å². The Labute approximate surface area is 241 Å². The highest BCUT2D eigenvalue weighted by Crippen LogP contribution is 2.36. The van der Waals surface area contributed by atoms with Crippen molar-refractivity contribution in [3.8, 4) is 23.1 Å². The Balaban J connectivity index is 1.78. The number of pyridine rings is 1. The molecule has 0 saturated carbocycles. The lowest BCUT2D eigenvalue weighted by Gasteiger charge is -2.14. The van der Waals surface area contributed by atoms with E-state index in [1.54, 1.807) is 49.6 Å². The minimum Gasteiger partial charge on any atom is -0.497 e. The molecule has 4 aromatic rings. The predicted molar refractivity (Wildman–Crippen MR) is 150 cm³/mol. The average Bonchev–Trinajstić information content (AvgIpc) is 3.32. The van der Waals surface area contributed by atoms with E-state index in [2.05, 4.69) is 20.1 Å². The first-order chi connectivity index (χ1) is 20.1. The fourth-order valence-corrected chi connectivity index (χ4v) is 5.01. The van der Waals surface area contributed by atoms with Gasteiger partial charge in [0.1, 0.15) is 16.4 Å². The minimum absolute atomic E-state index is 0.0221. The highest BCUT2D eigenvalue weighted by molar-refractivity contribution is 7.89. The van der Waals surface area contributed by atoms with Gasteiger partial charge in [0.25, 0.3) is 11.6 Å². The van der Waals surface area contributed by atoms with E-state index in [9.17, 15) is 23.3 Å². The number of nitro benzene ring substituents is 1. The van der Waals surface area contributed by atoms with Crippen LogP contribution in [-0.2, 0) is 21.3 Å². The van der Waals surface area contributed by atoms with Crippen molar-refractivity contribution in [3.63, 3.8) is 0 Å². The molecule has 14 nitrogen and oxygen atoms in total. The quantitative estimate of drug-likeness (QED) is 0.132. The third kappa shape index (κ3) is 6.88. The van der Waals surface area contributed by atoms with Gasteiger partial charge in [-0.05, 0) is 48.9 Å². The van der Waals surface area contributed by atoms with Crippen LogP contribution < -0.4 is 19.5 Å². The molecule has 0 radical (unpaired) electrons. The van der Waals surface area contributed by atoms with Crippen LogP contribution in [0.4, 0.5) is 5.69 Å². The third-order valence-corrected chi connectivity index (χ3v) is 7.49. The summed E-state index contributed by atoms with van der Waals surface area (Å²) in [6.45, 7) is 1.78. The minimum atomic E-state index is -4.28. The van der Waals surface area contributed by atoms with E-state index in [4.69, 9.17) is 14.2 Å². The van der Waals surface area contributed by atoms with Gasteiger partial charge in [-0.2, -0.15) is 9.78 Å². The first-order valence-corrected chi connectivity index (χ1v) is 14.0. The van der Waals surface area contributed by atoms with Gasteiger partial charge in [0.05, 0.1) is 24.3 Å². The largest absolute Gasteiger partial charge is 0.497 e. The summed E-state index contributed by atoms with van der Waals surface area (Å²) < 4.78 is 46.2. The van der Waals surface area contributed by atoms with Crippen LogP contribution in [0.3, 0.4) is 0 Å². The van der Waals surface area contributed by atoms with Gasteiger partial charge < -0.3 is 19.5 Å². The first-order valence-electron chi connectivity index (χ1n) is 12.5. The molecular weight excluding hydrogens is 568 g/mol. The van der Waals surface area contributed by atoms with Crippen molar-refractivity contribution < 1.29 is 32.3 Å². The summed E-state index contributed by atoms with van der Waals surface area (Å²) in [6, 6.07) is 13.5. The monoisotopic (exact) mass is 596 g/mol. The molecular formula is C27H28N6O8S. The molecule has 0 fully saturated rings. The SMILES string of the molecule is COCCNS(=O)(=O)c1cc([N+](=O)[O-])ccc1Oc1c(C)c(C(=O)NCc2cccnc2)nn1-c1ccc(OC)cc1. The van der Waals surface area contributed by atoms with Crippen LogP contribution in [0.15, 0.2) is 71.9 Å². The van der Waals surface area contributed by atoms with Crippen molar-refractivity contribution in [2.75, 3.05) is 27.4 Å². The van der Waals surface area contributed by atoms with E-state index in [1.807, 2.05) is 6.07 Å². The summed E-state index contributed by atoms with van der Waals surface area (Å²) in [5, 5.41) is 18.7. The van der Waals surface area contributed by atoms with Crippen LogP contribution in [0.2, 0.25) is 0 Å². The van der Waals surface area contributed by atoms with E-state index >= 15 is 0 Å². The number of carbonyl (C=O) groups excluding carboxylic acids is 1. The topological polar surface area (TPSA) is 177 Å². The summed E-state index contributed by atoms with van der Waals surface area (Å²) in [7, 11) is -1.35. The van der Waals surface area contributed by atoms with Crippen LogP contribution in [-0.4, -0.2) is 61.4 Å². The number of benzene rings is 2. The van der Waals surface area contributed by atoms with Crippen molar-refractivity contribution in [1.29, 1.82) is 0 Å². The first kappa shape index (κ1) is 30.1. The number of nitrogens with zero attached hydrogens (tertiary/aromatic N) is 4. The maximum absolute atomic E-state index is 13.2. The Morgan fingerprint density at radius 2 is 1.88 bits per heavy atom. The Morgan fingerprint density at radius 1 is 1.12 bits per heavy atom. The van der Waals surface area contributed by atoms with Crippen molar-refractivity contribution in [3.05, 3.63) is 93.9 Å². The molecule has 0 spiro atoms. The van der Waals surface area contributed by atoms with Crippen LogP contribution in [0.5, 0.6) is 17.4 Å². The maximum atomic E-state index is 13.2. The van der Waals surface area contributed by atoms with Crippen LogP contribution in [0.1, 0.15) is 21.6 Å². The molecule has 220 valence electrons. The number of ether oxygens (including phenoxy) is 3. The van der Waals surface area contributed by atoms with Crippen molar-refractivity contribution in [2.45, 2.75) is 18.4 Å². The molecule has 2 aromatic heterocycles. The summed E-state index contributed by atoms with van der Waals surface area (Å²) in [5.41, 5.74) is 1.11. The van der Waals surface area contributed by atoms with Gasteiger partial charge in [0, 0.05) is 50.3 Å². The molecule has 0 aliphatic heterocycles. The standard InChI is InChI=1S/C27H28N6O8S/c1-18-25(26(34)29-17-19-5-4-12-28-16-19)31-32(20-6-9-22(40-3)10-7-20)27(18)41-23-11-8-21(33(35)36)15-24(23)42(37,38)30-13-14-39-2/h4-12,15-16,30H,13-14,17H2,1-3H3,(H,29,34). The summed E-state index contributed by atoms with van der Waals surface area (Å²) in [6.07, 6.45) is 3.24. The fourth-order valence-electron chi connectivity index (χ4n) is 3.85. The highest BCUT2D eigenvalue weighted by atomic mass is 32.2. The summed E-state index contributed by atoms with van der Waals surface area (Å²) in [4.78, 5) is 27.5. The number of hydrogen-bond donors (Lipinski definition) is 2. The average molecular weight is 597 g/mol. The van der Waals surface area contributed by atoms with E-state index in [0.29, 0.717) is 17.0 Å². The molecule has 0 bridgehead atoms. The van der Waals surface area contributed by atoms with Gasteiger partial charge in [-0.25, -0.2) is 13.1 Å². The predicted octanol–water partition coefficient (Wildman–Crippen LogP) is 3.14. The molecule has 2 aromatic carbocycles. The smallest absolute Gasteiger partial charge is 0.272 e. The number of aromatic nitrogens is 3. The number of sulfonamides is 1. The molecule has 0 saturated heterocycles. The van der Waals surface area contributed by atoms with Crippen LogP contribution in [0.25, 0.3) is 5.69 Å². The van der Waals surface area contributed by atoms with E-state index < -0.39 is 31.4 Å². The van der Waals surface area contributed by atoms with Gasteiger partial charge in [-0.3, -0.25) is 19.9 Å². The molecule has 0 aliphatic carbocycles. The molecule has 2 heterocycles. The molecule has 0 aliphatic rings. The zero-order valence-electron chi connectivity index (χ0n) is 22.9. The van der Waals surface area contributed by atoms with Gasteiger partial charge in [0.2, 0.25) is 15.9 Å². The Morgan fingerprint density at radius 3 is 2.52 bits per heavy atom. The lowest BCUT2D eigenvalue weighted by atomic mass is 10.2. The normalized spacial score (nSPS) is 11.2. The summed E-state index contributed by atoms with van der Waals surface area (Å²) in [5.74, 6) is -0.129.